The molecule has 1 aromatic carbocycles. The number of rotatable bonds is 4. The number of fused-ring (bicyclic) bond motifs is 5. The van der Waals surface area contributed by atoms with Gasteiger partial charge in [0.2, 0.25) is 11.8 Å². The maximum atomic E-state index is 13.3. The molecule has 0 spiro atoms. The number of amides is 2. The van der Waals surface area contributed by atoms with Gasteiger partial charge < -0.3 is 14.2 Å². The molecule has 4 atom stereocenters. The molecule has 2 saturated heterocycles. The van der Waals surface area contributed by atoms with Gasteiger partial charge >= 0.3 is 18.1 Å². The van der Waals surface area contributed by atoms with Crippen LogP contribution in [0.3, 0.4) is 0 Å². The Morgan fingerprint density at radius 2 is 1.77 bits per heavy atom. The Hall–Kier alpha value is -3.21. The number of alkyl halides is 3. The monoisotopic (exact) mass is 439 g/mol. The molecular formula is C20H16F3NO7. The summed E-state index contributed by atoms with van der Waals surface area (Å²) in [6.07, 6.45) is -4.36. The summed E-state index contributed by atoms with van der Waals surface area (Å²) >= 11 is 0. The fourth-order valence-electron chi connectivity index (χ4n) is 4.29. The fourth-order valence-corrected chi connectivity index (χ4v) is 4.29. The van der Waals surface area contributed by atoms with E-state index in [0.717, 1.165) is 26.0 Å². The molecule has 3 heterocycles. The number of hydrogen-bond acceptors (Lipinski definition) is 7. The van der Waals surface area contributed by atoms with Crippen LogP contribution >= 0.6 is 0 Å². The second-order valence-electron chi connectivity index (χ2n) is 7.41. The van der Waals surface area contributed by atoms with Crippen molar-refractivity contribution >= 4 is 29.4 Å². The average molecular weight is 439 g/mol. The van der Waals surface area contributed by atoms with Gasteiger partial charge in [0.15, 0.2) is 5.60 Å². The fraction of sp³-hybridized carbons (Fsp3) is 0.400. The second kappa shape index (κ2) is 6.91. The topological polar surface area (TPSA) is 99.2 Å². The maximum absolute atomic E-state index is 13.3. The minimum Gasteiger partial charge on any atom is -0.422 e. The minimum absolute atomic E-state index is 0.245. The van der Waals surface area contributed by atoms with E-state index in [-0.39, 0.29) is 5.69 Å². The number of benzene rings is 1. The molecule has 0 saturated carbocycles. The standard InChI is InChI=1S/C20H16F3NO7/c1-9(25)29-18(30-10(2)26)19-7-6-13(31-19)14-15(19)17(28)24(16(14)27)12-5-3-4-11(8-12)20(21,22)23/h3-8,13-15,18H,1-2H3/t13-,14+,15+,19-/m0/s1. The highest BCUT2D eigenvalue weighted by atomic mass is 19.4. The molecule has 164 valence electrons. The van der Waals surface area contributed by atoms with E-state index < -0.39 is 65.3 Å². The molecule has 0 aromatic heterocycles. The normalized spacial score (nSPS) is 29.0. The number of nitrogens with zero attached hydrogens (tertiary/aromatic N) is 1. The zero-order valence-corrected chi connectivity index (χ0v) is 16.2. The third kappa shape index (κ3) is 3.19. The lowest BCUT2D eigenvalue weighted by Crippen LogP contribution is -2.52. The Balaban J connectivity index is 1.74. The van der Waals surface area contributed by atoms with Crippen LogP contribution in [0.15, 0.2) is 36.4 Å². The molecule has 3 aliphatic rings. The molecular weight excluding hydrogens is 423 g/mol. The minimum atomic E-state index is -4.67. The van der Waals surface area contributed by atoms with E-state index in [1.54, 1.807) is 0 Å². The van der Waals surface area contributed by atoms with Crippen LogP contribution in [0.4, 0.5) is 18.9 Å². The first-order chi connectivity index (χ1) is 14.5. The van der Waals surface area contributed by atoms with E-state index >= 15 is 0 Å². The lowest BCUT2D eigenvalue weighted by molar-refractivity contribution is -0.226. The number of anilines is 1. The highest BCUT2D eigenvalue weighted by Crippen LogP contribution is 2.54. The van der Waals surface area contributed by atoms with Crippen LogP contribution in [-0.2, 0) is 39.6 Å². The highest BCUT2D eigenvalue weighted by Gasteiger charge is 2.72. The lowest BCUT2D eigenvalue weighted by Gasteiger charge is -2.34. The van der Waals surface area contributed by atoms with Crippen LogP contribution in [0.25, 0.3) is 0 Å². The van der Waals surface area contributed by atoms with Crippen molar-refractivity contribution in [3.63, 3.8) is 0 Å². The van der Waals surface area contributed by atoms with E-state index in [4.69, 9.17) is 14.2 Å². The number of esters is 2. The van der Waals surface area contributed by atoms with Gasteiger partial charge in [0.05, 0.1) is 29.2 Å². The molecule has 0 aliphatic carbocycles. The van der Waals surface area contributed by atoms with E-state index in [9.17, 15) is 32.3 Å². The highest BCUT2D eigenvalue weighted by molar-refractivity contribution is 6.23. The van der Waals surface area contributed by atoms with Gasteiger partial charge in [0.1, 0.15) is 0 Å². The Morgan fingerprint density at radius 1 is 1.13 bits per heavy atom. The summed E-state index contributed by atoms with van der Waals surface area (Å²) < 4.78 is 55.3. The zero-order chi connectivity index (χ0) is 22.7. The van der Waals surface area contributed by atoms with Gasteiger partial charge in [-0.25, -0.2) is 4.90 Å². The predicted molar refractivity (Wildman–Crippen MR) is 95.0 cm³/mol. The lowest BCUT2D eigenvalue weighted by atomic mass is 9.76. The van der Waals surface area contributed by atoms with Crippen molar-refractivity contribution in [2.75, 3.05) is 4.90 Å². The van der Waals surface area contributed by atoms with Crippen LogP contribution in [0.5, 0.6) is 0 Å². The van der Waals surface area contributed by atoms with Crippen LogP contribution in [-0.4, -0.2) is 41.7 Å². The van der Waals surface area contributed by atoms with Gasteiger partial charge in [0, 0.05) is 13.8 Å². The van der Waals surface area contributed by atoms with Crippen LogP contribution in [0.1, 0.15) is 19.4 Å². The number of ether oxygens (including phenoxy) is 3. The van der Waals surface area contributed by atoms with Gasteiger partial charge in [0.25, 0.3) is 6.29 Å². The molecule has 2 amide bonds. The number of imide groups is 1. The Bertz CT molecular complexity index is 1000. The number of carbonyl (C=O) groups is 4. The molecule has 1 aromatic rings. The molecule has 31 heavy (non-hydrogen) atoms. The average Bonchev–Trinajstić information content (AvgIpc) is 3.31. The third-order valence-electron chi connectivity index (χ3n) is 5.42. The molecule has 3 aliphatic heterocycles. The first-order valence-corrected chi connectivity index (χ1v) is 9.22. The summed E-state index contributed by atoms with van der Waals surface area (Å²) in [5.74, 6) is -5.57. The molecule has 2 bridgehead atoms. The van der Waals surface area contributed by atoms with Crippen molar-refractivity contribution in [1.29, 1.82) is 0 Å². The number of carbonyl (C=O) groups excluding carboxylic acids is 4. The first kappa shape index (κ1) is 21.0. The maximum Gasteiger partial charge on any atom is 0.416 e. The van der Waals surface area contributed by atoms with Gasteiger partial charge in [-0.3, -0.25) is 19.2 Å². The first-order valence-electron chi connectivity index (χ1n) is 9.22. The van der Waals surface area contributed by atoms with Crippen molar-refractivity contribution in [2.24, 2.45) is 11.8 Å². The summed E-state index contributed by atoms with van der Waals surface area (Å²) in [4.78, 5) is 50.1. The van der Waals surface area contributed by atoms with E-state index in [1.165, 1.54) is 18.2 Å². The van der Waals surface area contributed by atoms with Crippen molar-refractivity contribution in [2.45, 2.75) is 38.0 Å². The largest absolute Gasteiger partial charge is 0.422 e. The van der Waals surface area contributed by atoms with Gasteiger partial charge in [-0.2, -0.15) is 13.2 Å². The summed E-state index contributed by atoms with van der Waals surface area (Å²) in [6, 6.07) is 3.83. The Kier molecular flexibility index (Phi) is 4.69. The van der Waals surface area contributed by atoms with Crippen LogP contribution < -0.4 is 4.90 Å². The van der Waals surface area contributed by atoms with Crippen molar-refractivity contribution in [1.82, 2.24) is 0 Å². The molecule has 11 heteroatoms. The Morgan fingerprint density at radius 3 is 2.35 bits per heavy atom. The van der Waals surface area contributed by atoms with E-state index in [1.807, 2.05) is 0 Å². The smallest absolute Gasteiger partial charge is 0.416 e. The zero-order valence-electron chi connectivity index (χ0n) is 16.2. The SMILES string of the molecule is CC(=O)OC(OC(C)=O)[C@@]12C=C[C@H](O1)[C@H]1C(=O)N(c3cccc(C(F)(F)F)c3)C(=O)[C@@H]12. The summed E-state index contributed by atoms with van der Waals surface area (Å²) in [6.45, 7) is 2.12. The van der Waals surface area contributed by atoms with Gasteiger partial charge in [-0.1, -0.05) is 12.1 Å². The van der Waals surface area contributed by atoms with E-state index in [0.29, 0.717) is 11.0 Å². The van der Waals surface area contributed by atoms with Crippen molar-refractivity contribution in [3.8, 4) is 0 Å². The predicted octanol–water partition coefficient (Wildman–Crippen LogP) is 1.97. The summed E-state index contributed by atoms with van der Waals surface area (Å²) in [5.41, 5.74) is -3.03. The molecule has 0 radical (unpaired) electrons. The summed E-state index contributed by atoms with van der Waals surface area (Å²) in [5, 5.41) is 0. The molecule has 4 rings (SSSR count). The van der Waals surface area contributed by atoms with Gasteiger partial charge in [-0.05, 0) is 24.3 Å². The number of hydrogen-bond donors (Lipinski definition) is 0. The van der Waals surface area contributed by atoms with Gasteiger partial charge in [-0.15, -0.1) is 0 Å². The van der Waals surface area contributed by atoms with E-state index in [2.05, 4.69) is 0 Å². The van der Waals surface area contributed by atoms with Crippen LogP contribution in [0, 0.1) is 11.8 Å². The molecule has 0 N–H and O–H groups in total. The van der Waals surface area contributed by atoms with Crippen molar-refractivity contribution in [3.05, 3.63) is 42.0 Å². The molecule has 8 nitrogen and oxygen atoms in total. The van der Waals surface area contributed by atoms with Crippen molar-refractivity contribution < 1.29 is 46.6 Å². The Labute approximate surface area is 173 Å². The third-order valence-corrected chi connectivity index (χ3v) is 5.42. The van der Waals surface area contributed by atoms with Crippen LogP contribution in [0.2, 0.25) is 0 Å². The quantitative estimate of drug-likeness (QED) is 0.306. The number of halogens is 3. The molecule has 0 unspecified atom stereocenters. The summed E-state index contributed by atoms with van der Waals surface area (Å²) in [7, 11) is 0. The second-order valence-corrected chi connectivity index (χ2v) is 7.41. The molecule has 2 fully saturated rings.